The molecule has 0 aliphatic carbocycles. The largest absolute Gasteiger partial charge is 0.453 e. The number of nitrogens with one attached hydrogen (secondary N) is 1. The lowest BCUT2D eigenvalue weighted by molar-refractivity contribution is -0.141. The molecule has 1 spiro atoms. The van der Waals surface area contributed by atoms with Crippen molar-refractivity contribution in [2.75, 3.05) is 50.5 Å². The first kappa shape index (κ1) is 27.7. The van der Waals surface area contributed by atoms with Crippen LogP contribution in [0.15, 0.2) is 29.8 Å². The quantitative estimate of drug-likeness (QED) is 0.366. The summed E-state index contributed by atoms with van der Waals surface area (Å²) in [6.45, 7) is 2.35. The number of likely N-dealkylation sites (tertiary alicyclic amines) is 2. The van der Waals surface area contributed by atoms with Crippen LogP contribution < -0.4 is 10.2 Å². The highest BCUT2D eigenvalue weighted by atomic mass is 35.5. The lowest BCUT2D eigenvalue weighted by Gasteiger charge is -2.35. The summed E-state index contributed by atoms with van der Waals surface area (Å²) >= 11 is 13.2. The van der Waals surface area contributed by atoms with Crippen LogP contribution in [0.5, 0.6) is 0 Å². The van der Waals surface area contributed by atoms with E-state index < -0.39 is 0 Å². The van der Waals surface area contributed by atoms with Crippen molar-refractivity contribution in [3.63, 3.8) is 0 Å². The number of thioether (sulfide) groups is 1. The number of anilines is 1. The van der Waals surface area contributed by atoms with E-state index in [1.165, 1.54) is 7.11 Å². The highest BCUT2D eigenvalue weighted by Gasteiger charge is 2.50. The predicted molar refractivity (Wildman–Crippen MR) is 148 cm³/mol. The number of halogens is 1. The Morgan fingerprint density at radius 1 is 1.27 bits per heavy atom. The van der Waals surface area contributed by atoms with Gasteiger partial charge in [0.15, 0.2) is 0 Å². The number of carbonyl (C=O) groups is 3. The maximum Gasteiger partial charge on any atom is 0.409 e. The smallest absolute Gasteiger partial charge is 0.409 e. The third-order valence-corrected chi connectivity index (χ3v) is 8.31. The number of aliphatic hydroxyl groups excluding tert-OH is 1. The number of rotatable bonds is 8. The second kappa shape index (κ2) is 12.0. The SMILES string of the molecule is COC(=O)N1CCC2(C1)CN(C(=O)CC(=S)N/C=C/SCCCC(=O)N1CC(O)C1)c1ccc(Cl)cc12. The molecule has 2 fully saturated rings. The zero-order chi connectivity index (χ0) is 26.6. The molecule has 0 bridgehead atoms. The van der Waals surface area contributed by atoms with Crippen molar-refractivity contribution in [1.29, 1.82) is 0 Å². The number of benzene rings is 1. The molecule has 12 heteroatoms. The number of methoxy groups -OCH3 is 1. The molecule has 1 unspecified atom stereocenters. The van der Waals surface area contributed by atoms with Crippen LogP contribution in [0.25, 0.3) is 0 Å². The first-order chi connectivity index (χ1) is 17.7. The molecule has 1 aromatic carbocycles. The van der Waals surface area contributed by atoms with Crippen molar-refractivity contribution in [2.45, 2.75) is 37.2 Å². The van der Waals surface area contributed by atoms with E-state index in [-0.39, 0.29) is 35.8 Å². The van der Waals surface area contributed by atoms with Gasteiger partial charge in [0.2, 0.25) is 11.8 Å². The molecule has 37 heavy (non-hydrogen) atoms. The van der Waals surface area contributed by atoms with Crippen LogP contribution in [0, 0.1) is 0 Å². The van der Waals surface area contributed by atoms with Crippen molar-refractivity contribution in [2.24, 2.45) is 0 Å². The number of fused-ring (bicyclic) bond motifs is 2. The van der Waals surface area contributed by atoms with Crippen LogP contribution in [-0.2, 0) is 19.7 Å². The monoisotopic (exact) mass is 566 g/mol. The Hall–Kier alpha value is -2.34. The molecule has 4 rings (SSSR count). The number of carbonyl (C=O) groups excluding carboxylic acids is 3. The second-order valence-electron chi connectivity index (χ2n) is 9.54. The number of aliphatic hydroxyl groups is 1. The first-order valence-corrected chi connectivity index (χ1v) is 14.0. The average Bonchev–Trinajstić information content (AvgIpc) is 3.42. The van der Waals surface area contributed by atoms with E-state index in [0.717, 1.165) is 23.4 Å². The molecule has 0 saturated carbocycles. The standard InChI is InChI=1S/C25H31ClN4O5S2/c1-35-24(34)28-8-6-25(15-28)16-30(20-5-4-17(26)11-19(20)25)23(33)12-21(36)27-7-10-37-9-2-3-22(32)29-13-18(31)14-29/h4-5,7,10-11,18,31H,2-3,6,8-9,12-16H2,1H3,(H,27,36)/b10-7+. The van der Waals surface area contributed by atoms with Crippen molar-refractivity contribution in [3.8, 4) is 0 Å². The average molecular weight is 567 g/mol. The Morgan fingerprint density at radius 3 is 2.78 bits per heavy atom. The minimum Gasteiger partial charge on any atom is -0.453 e. The molecule has 3 aliphatic heterocycles. The molecule has 3 amide bonds. The van der Waals surface area contributed by atoms with E-state index >= 15 is 0 Å². The van der Waals surface area contributed by atoms with Gasteiger partial charge in [-0.1, -0.05) is 23.8 Å². The Morgan fingerprint density at radius 2 is 2.05 bits per heavy atom. The van der Waals surface area contributed by atoms with Crippen molar-refractivity contribution in [1.82, 2.24) is 15.1 Å². The summed E-state index contributed by atoms with van der Waals surface area (Å²) in [5.41, 5.74) is 1.39. The minimum absolute atomic E-state index is 0.0550. The van der Waals surface area contributed by atoms with Gasteiger partial charge in [0.05, 0.1) is 24.6 Å². The molecular weight excluding hydrogens is 536 g/mol. The fourth-order valence-electron chi connectivity index (χ4n) is 5.02. The number of β-amino-alcohol motifs (C(OH)–C–C–N with tert-alkyl or cyclic N) is 1. The third kappa shape index (κ3) is 6.39. The van der Waals surface area contributed by atoms with E-state index in [1.807, 2.05) is 17.5 Å². The summed E-state index contributed by atoms with van der Waals surface area (Å²) in [5, 5.41) is 14.7. The van der Waals surface area contributed by atoms with Crippen LogP contribution in [0.1, 0.15) is 31.2 Å². The lowest BCUT2D eigenvalue weighted by atomic mass is 9.81. The summed E-state index contributed by atoms with van der Waals surface area (Å²) in [4.78, 5) is 42.7. The number of nitrogens with zero attached hydrogens (tertiary/aromatic N) is 3. The van der Waals surface area contributed by atoms with Crippen LogP contribution in [0.4, 0.5) is 10.5 Å². The summed E-state index contributed by atoms with van der Waals surface area (Å²) in [7, 11) is 1.37. The molecule has 2 N–H and O–H groups in total. The maximum absolute atomic E-state index is 13.2. The lowest BCUT2D eigenvalue weighted by Crippen LogP contribution is -2.53. The minimum atomic E-state index is -0.382. The van der Waals surface area contributed by atoms with E-state index in [9.17, 15) is 19.5 Å². The molecule has 2 saturated heterocycles. The second-order valence-corrected chi connectivity index (χ2v) is 11.5. The normalized spacial score (nSPS) is 20.9. The number of ether oxygens (including phenoxy) is 1. The highest BCUT2D eigenvalue weighted by molar-refractivity contribution is 8.02. The van der Waals surface area contributed by atoms with E-state index in [2.05, 4.69) is 5.32 Å². The van der Waals surface area contributed by atoms with Gasteiger partial charge >= 0.3 is 6.09 Å². The number of hydrogen-bond donors (Lipinski definition) is 2. The Balaban J connectivity index is 1.25. The molecule has 3 heterocycles. The summed E-state index contributed by atoms with van der Waals surface area (Å²) in [6.07, 6.45) is 2.95. The van der Waals surface area contributed by atoms with Gasteiger partial charge in [-0.15, -0.1) is 11.8 Å². The van der Waals surface area contributed by atoms with E-state index in [0.29, 0.717) is 55.6 Å². The summed E-state index contributed by atoms with van der Waals surface area (Å²) in [5.74, 6) is 0.741. The topological polar surface area (TPSA) is 102 Å². The molecule has 1 atom stereocenters. The van der Waals surface area contributed by atoms with E-state index in [1.54, 1.807) is 38.7 Å². The van der Waals surface area contributed by atoms with Gasteiger partial charge in [0.1, 0.15) is 0 Å². The molecular formula is C25H31ClN4O5S2. The summed E-state index contributed by atoms with van der Waals surface area (Å²) in [6, 6.07) is 5.51. The molecule has 9 nitrogen and oxygen atoms in total. The van der Waals surface area contributed by atoms with Crippen LogP contribution in [0.2, 0.25) is 5.02 Å². The third-order valence-electron chi connectivity index (χ3n) is 6.96. The number of hydrogen-bond acceptors (Lipinski definition) is 7. The van der Waals surface area contributed by atoms with Gasteiger partial charge in [0, 0.05) is 61.5 Å². The molecule has 3 aliphatic rings. The highest BCUT2D eigenvalue weighted by Crippen LogP contribution is 2.47. The van der Waals surface area contributed by atoms with Crippen molar-refractivity contribution in [3.05, 3.63) is 40.4 Å². The van der Waals surface area contributed by atoms with Crippen LogP contribution in [-0.4, -0.2) is 89.5 Å². The van der Waals surface area contributed by atoms with Crippen LogP contribution >= 0.6 is 35.6 Å². The fraction of sp³-hybridized carbons (Fsp3) is 0.520. The zero-order valence-electron chi connectivity index (χ0n) is 20.7. The Bertz CT molecular complexity index is 1100. The molecule has 0 aromatic heterocycles. The van der Waals surface area contributed by atoms with Gasteiger partial charge in [-0.25, -0.2) is 4.79 Å². The fourth-order valence-corrected chi connectivity index (χ4v) is 6.00. The van der Waals surface area contributed by atoms with Crippen molar-refractivity contribution < 1.29 is 24.2 Å². The zero-order valence-corrected chi connectivity index (χ0v) is 23.0. The van der Waals surface area contributed by atoms with Gasteiger partial charge in [0.25, 0.3) is 0 Å². The summed E-state index contributed by atoms with van der Waals surface area (Å²) < 4.78 is 4.90. The van der Waals surface area contributed by atoms with Gasteiger partial charge in [-0.2, -0.15) is 0 Å². The number of amides is 3. The molecule has 200 valence electrons. The Kier molecular flexibility index (Phi) is 8.99. The van der Waals surface area contributed by atoms with Gasteiger partial charge in [-0.05, 0) is 47.8 Å². The van der Waals surface area contributed by atoms with Crippen LogP contribution in [0.3, 0.4) is 0 Å². The predicted octanol–water partition coefficient (Wildman–Crippen LogP) is 2.89. The van der Waals surface area contributed by atoms with E-state index in [4.69, 9.17) is 28.6 Å². The molecule has 0 radical (unpaired) electrons. The molecule has 1 aromatic rings. The van der Waals surface area contributed by atoms with Gasteiger partial charge < -0.3 is 29.9 Å². The Labute approximate surface area is 231 Å². The maximum atomic E-state index is 13.2. The van der Waals surface area contributed by atoms with Crippen molar-refractivity contribution >= 4 is 64.2 Å². The first-order valence-electron chi connectivity index (χ1n) is 12.2. The number of thiocarbonyl (C=S) groups is 1. The van der Waals surface area contributed by atoms with Gasteiger partial charge in [-0.3, -0.25) is 9.59 Å².